The van der Waals surface area contributed by atoms with E-state index in [1.165, 1.54) is 7.81 Å². The zero-order valence-electron chi connectivity index (χ0n) is 4.02. The molecule has 1 nitrogen and oxygen atoms in total. The molecule has 0 unspecified atom stereocenters. The quantitative estimate of drug-likeness (QED) is 0.456. The van der Waals surface area contributed by atoms with E-state index in [9.17, 15) is 0 Å². The summed E-state index contributed by atoms with van der Waals surface area (Å²) < 4.78 is 6.08. The molecule has 0 aliphatic heterocycles. The first-order valence-corrected chi connectivity index (χ1v) is 0.801. The SMILES string of the molecule is [2H][B]C.[C-]#N.[U]. The van der Waals surface area contributed by atoms with Crippen LogP contribution in [0.5, 0.6) is 0 Å². The molecule has 5 heavy (non-hydrogen) atoms. The summed E-state index contributed by atoms with van der Waals surface area (Å²) in [5.74, 6) is 0. The maximum absolute atomic E-state index is 6.25. The molecule has 3 heteroatoms. The maximum Gasteiger partial charge on any atom is 0.0823 e. The van der Waals surface area contributed by atoms with Crippen LogP contribution in [0.25, 0.3) is 0 Å². The Morgan fingerprint density at radius 3 is 2.00 bits per heavy atom. The largest absolute Gasteiger partial charge is 0.512 e. The van der Waals surface area contributed by atoms with E-state index in [2.05, 4.69) is 0 Å². The molecule has 1 radical (unpaired) electrons. The first-order valence-electron chi connectivity index (χ1n) is 1.38. The van der Waals surface area contributed by atoms with Crippen LogP contribution < -0.4 is 0 Å². The minimum Gasteiger partial charge on any atom is -0.512 e. The summed E-state index contributed by atoms with van der Waals surface area (Å²) in [6, 6.07) is 0. The molecule has 0 aromatic carbocycles. The Morgan fingerprint density at radius 1 is 2.00 bits per heavy atom. The van der Waals surface area contributed by atoms with E-state index in [0.29, 0.717) is 0 Å². The Bertz CT molecular complexity index is 24.8. The van der Waals surface area contributed by atoms with E-state index in [4.69, 9.17) is 13.2 Å². The second-order valence-electron chi connectivity index (χ2n) is 0. The van der Waals surface area contributed by atoms with Crippen LogP contribution in [0.3, 0.4) is 0 Å². The normalized spacial score (nSPS) is 3.40. The average Bonchev–Trinajstić information content (AvgIpc) is 1.46. The molecule has 0 aromatic rings. The zero-order chi connectivity index (χ0) is 4.71. The molecule has 0 bridgehead atoms. The Morgan fingerprint density at radius 2 is 2.00 bits per heavy atom. The fraction of sp³-hybridized carbons (Fsp3) is 0.500. The number of nitrogens with zero attached hydrogens (tertiary/aromatic N) is 1. The molecule has 0 amide bonds. The molecular weight excluding hydrogens is 287 g/mol. The average molecular weight is 292 g/mol. The minimum atomic E-state index is 0. The van der Waals surface area contributed by atoms with Crippen LogP contribution in [0.2, 0.25) is 6.82 Å². The summed E-state index contributed by atoms with van der Waals surface area (Å²) in [6.07, 6.45) is 0. The van der Waals surface area contributed by atoms with Gasteiger partial charge in [-0.05, 0) is 1.34 Å². The van der Waals surface area contributed by atoms with Crippen molar-refractivity contribution in [2.45, 2.75) is 6.82 Å². The van der Waals surface area contributed by atoms with Crippen molar-refractivity contribution in [3.05, 3.63) is 6.57 Å². The molecule has 0 spiro atoms. The van der Waals surface area contributed by atoms with Crippen molar-refractivity contribution >= 4 is 7.81 Å². The van der Waals surface area contributed by atoms with Gasteiger partial charge in [-0.1, -0.05) is 6.82 Å². The Labute approximate surface area is 58.9 Å². The molecule has 0 aliphatic rings. The maximum atomic E-state index is 6.25. The van der Waals surface area contributed by atoms with Gasteiger partial charge in [0.2, 0.25) is 0 Å². The monoisotopic (exact) mass is 292 g/mol. The molecular formula is C2H4BNU-. The van der Waals surface area contributed by atoms with Crippen LogP contribution in [0.15, 0.2) is 0 Å². The third kappa shape index (κ3) is 85.0. The van der Waals surface area contributed by atoms with Crippen LogP contribution in [0.1, 0.15) is 0 Å². The van der Waals surface area contributed by atoms with Crippen molar-refractivity contribution in [2.75, 3.05) is 0 Å². The number of rotatable bonds is 0. The summed E-state index contributed by atoms with van der Waals surface area (Å²) in [5, 5.41) is 6.25. The molecule has 0 N–H and O–H groups in total. The van der Waals surface area contributed by atoms with Crippen molar-refractivity contribution in [2.24, 2.45) is 0 Å². The summed E-state index contributed by atoms with van der Waals surface area (Å²) in [5.41, 5.74) is 0. The molecule has 0 atom stereocenters. The minimum absolute atomic E-state index is 0. The molecule has 0 aromatic heterocycles. The number of hydrogen-bond acceptors (Lipinski definition) is 1. The van der Waals surface area contributed by atoms with Crippen molar-refractivity contribution in [1.29, 1.82) is 6.60 Å². The topological polar surface area (TPSA) is 23.8 Å². The van der Waals surface area contributed by atoms with E-state index in [1.54, 1.807) is 6.82 Å². The smallest absolute Gasteiger partial charge is 0.0823 e. The molecule has 25 valence electrons. The summed E-state index contributed by atoms with van der Waals surface area (Å²) >= 11 is 0. The van der Waals surface area contributed by atoms with Gasteiger partial charge in [-0.3, -0.25) is 0 Å². The van der Waals surface area contributed by atoms with Gasteiger partial charge in [-0.15, -0.1) is 0 Å². The molecule has 0 fully saturated rings. The van der Waals surface area contributed by atoms with Crippen LogP contribution in [0, 0.1) is 42.9 Å². The van der Waals surface area contributed by atoms with Gasteiger partial charge in [0.1, 0.15) is 0 Å². The van der Waals surface area contributed by atoms with Gasteiger partial charge in [-0.25, -0.2) is 0 Å². The van der Waals surface area contributed by atoms with Crippen LogP contribution in [0.4, 0.5) is 0 Å². The van der Waals surface area contributed by atoms with Crippen molar-refractivity contribution in [3.8, 4) is 0 Å². The van der Waals surface area contributed by atoms with Crippen LogP contribution in [-0.2, 0) is 0 Å². The summed E-state index contributed by atoms with van der Waals surface area (Å²) in [6.45, 7) is 6.42. The molecule has 0 aliphatic carbocycles. The standard InChI is InChI=1S/CH4B.CN.U/c2*1-2;/h2H,1H3;;/q;-1;/i2D;;. The van der Waals surface area contributed by atoms with Crippen LogP contribution in [-0.4, -0.2) is 9.15 Å². The van der Waals surface area contributed by atoms with Gasteiger partial charge in [0, 0.05) is 31.1 Å². The predicted molar refractivity (Wildman–Crippen MR) is 18.0 cm³/mol. The van der Waals surface area contributed by atoms with E-state index in [-0.39, 0.29) is 31.1 Å². The second-order valence-corrected chi connectivity index (χ2v) is 0. The van der Waals surface area contributed by atoms with Gasteiger partial charge in [0.25, 0.3) is 0 Å². The van der Waals surface area contributed by atoms with E-state index in [1.807, 2.05) is 0 Å². The van der Waals surface area contributed by atoms with Gasteiger partial charge in [0.15, 0.2) is 0 Å². The summed E-state index contributed by atoms with van der Waals surface area (Å²) in [4.78, 5) is 0. The molecule has 0 rings (SSSR count). The molecule has 0 saturated carbocycles. The molecule has 0 heterocycles. The van der Waals surface area contributed by atoms with Gasteiger partial charge in [-0.2, -0.15) is 0 Å². The third-order valence-corrected chi connectivity index (χ3v) is 0. The van der Waals surface area contributed by atoms with Crippen molar-refractivity contribution in [3.63, 3.8) is 0 Å². The Balaban J connectivity index is -0.0000000275. The number of hydrogen-bond donors (Lipinski definition) is 0. The van der Waals surface area contributed by atoms with Crippen molar-refractivity contribution < 1.29 is 31.1 Å². The van der Waals surface area contributed by atoms with Gasteiger partial charge >= 0.3 is 0 Å². The Kier molecular flexibility index (Phi) is 298. The van der Waals surface area contributed by atoms with E-state index in [0.717, 1.165) is 0 Å². The first kappa shape index (κ1) is 9.15. The predicted octanol–water partition coefficient (Wildman–Crippen LogP) is 0.0317. The fourth-order valence-electron chi connectivity index (χ4n) is 0. The fourth-order valence-corrected chi connectivity index (χ4v) is 0. The van der Waals surface area contributed by atoms with E-state index < -0.39 is 0 Å². The van der Waals surface area contributed by atoms with Gasteiger partial charge < -0.3 is 11.8 Å². The zero-order valence-corrected chi connectivity index (χ0v) is 7.19. The second kappa shape index (κ2) is 163. The first-order chi connectivity index (χ1) is 2.41. The third-order valence-electron chi connectivity index (χ3n) is 0. The summed E-state index contributed by atoms with van der Waals surface area (Å²) in [7, 11) is 1.25. The Hall–Kier alpha value is 0.607. The molecule has 0 saturated heterocycles. The van der Waals surface area contributed by atoms with Crippen LogP contribution >= 0.6 is 0 Å². The van der Waals surface area contributed by atoms with Crippen molar-refractivity contribution in [1.82, 2.24) is 0 Å². The van der Waals surface area contributed by atoms with Gasteiger partial charge in [0.05, 0.1) is 7.81 Å². The van der Waals surface area contributed by atoms with E-state index >= 15 is 0 Å².